The van der Waals surface area contributed by atoms with Crippen molar-refractivity contribution < 1.29 is 14.3 Å². The maximum absolute atomic E-state index is 12.2. The van der Waals surface area contributed by atoms with Gasteiger partial charge in [-0.2, -0.15) is 5.10 Å². The van der Waals surface area contributed by atoms with Crippen LogP contribution in [0, 0.1) is 6.92 Å². The minimum Gasteiger partial charge on any atom is -0.459 e. The lowest BCUT2D eigenvalue weighted by Gasteiger charge is -2.09. The number of benzene rings is 1. The number of ether oxygens (including phenoxy) is 1. The molecule has 7 heteroatoms. The van der Waals surface area contributed by atoms with E-state index in [4.69, 9.17) is 16.3 Å². The number of nitrogens with zero attached hydrogens (tertiary/aromatic N) is 2. The molecule has 1 saturated heterocycles. The highest BCUT2D eigenvalue weighted by Gasteiger charge is 2.23. The molecule has 23 heavy (non-hydrogen) atoms. The molecule has 1 atom stereocenters. The molecule has 1 unspecified atom stereocenters. The molecule has 1 aromatic heterocycles. The van der Waals surface area contributed by atoms with Gasteiger partial charge in [-0.1, -0.05) is 23.7 Å². The molecular formula is C16H16ClN3O3. The van der Waals surface area contributed by atoms with Crippen LogP contribution in [0.4, 0.5) is 0 Å². The first kappa shape index (κ1) is 15.6. The number of aromatic nitrogens is 2. The van der Waals surface area contributed by atoms with Crippen LogP contribution in [0.25, 0.3) is 5.69 Å². The van der Waals surface area contributed by atoms with Crippen LogP contribution < -0.4 is 5.32 Å². The van der Waals surface area contributed by atoms with Gasteiger partial charge in [0.05, 0.1) is 16.8 Å². The van der Waals surface area contributed by atoms with E-state index < -0.39 is 5.97 Å². The van der Waals surface area contributed by atoms with Crippen LogP contribution in [0.15, 0.2) is 30.5 Å². The summed E-state index contributed by atoms with van der Waals surface area (Å²) in [6.45, 7) is 1.94. The van der Waals surface area contributed by atoms with E-state index in [1.54, 1.807) is 23.9 Å². The number of esters is 1. The van der Waals surface area contributed by atoms with Crippen molar-refractivity contribution in [2.24, 2.45) is 0 Å². The van der Waals surface area contributed by atoms with Gasteiger partial charge >= 0.3 is 5.97 Å². The molecular weight excluding hydrogens is 318 g/mol. The minimum absolute atomic E-state index is 0.00905. The Hall–Kier alpha value is -2.34. The fraction of sp³-hybridized carbons (Fsp3) is 0.312. The Labute approximate surface area is 138 Å². The van der Waals surface area contributed by atoms with Crippen molar-refractivity contribution in [3.05, 3.63) is 46.7 Å². The third kappa shape index (κ3) is 3.37. The molecule has 0 saturated carbocycles. The summed E-state index contributed by atoms with van der Waals surface area (Å²) in [6.07, 6.45) is 2.89. The van der Waals surface area contributed by atoms with Crippen molar-refractivity contribution in [1.29, 1.82) is 0 Å². The molecule has 2 aromatic rings. The predicted octanol–water partition coefficient (Wildman–Crippen LogP) is 2.27. The summed E-state index contributed by atoms with van der Waals surface area (Å²) in [4.78, 5) is 23.3. The average Bonchev–Trinajstić information content (AvgIpc) is 3.11. The summed E-state index contributed by atoms with van der Waals surface area (Å²) in [5.41, 5.74) is 1.64. The number of para-hydroxylation sites is 1. The molecule has 3 rings (SSSR count). The maximum atomic E-state index is 12.2. The summed E-state index contributed by atoms with van der Waals surface area (Å²) >= 11 is 6.14. The van der Waals surface area contributed by atoms with Gasteiger partial charge in [0, 0.05) is 18.2 Å². The third-order valence-electron chi connectivity index (χ3n) is 3.69. The molecule has 1 fully saturated rings. The first-order valence-corrected chi connectivity index (χ1v) is 7.70. The van der Waals surface area contributed by atoms with E-state index in [0.717, 1.165) is 0 Å². The van der Waals surface area contributed by atoms with Crippen molar-refractivity contribution >= 4 is 23.5 Å². The van der Waals surface area contributed by atoms with E-state index in [1.807, 2.05) is 18.2 Å². The van der Waals surface area contributed by atoms with E-state index in [1.165, 1.54) is 0 Å². The van der Waals surface area contributed by atoms with Gasteiger partial charge in [-0.25, -0.2) is 9.48 Å². The van der Waals surface area contributed by atoms with Crippen LogP contribution in [0.3, 0.4) is 0 Å². The second kappa shape index (κ2) is 6.42. The Kier molecular flexibility index (Phi) is 4.34. The Morgan fingerprint density at radius 3 is 2.96 bits per heavy atom. The zero-order valence-corrected chi connectivity index (χ0v) is 13.3. The Balaban J connectivity index is 1.72. The maximum Gasteiger partial charge on any atom is 0.359 e. The van der Waals surface area contributed by atoms with E-state index >= 15 is 0 Å². The van der Waals surface area contributed by atoms with Gasteiger partial charge in [0.15, 0.2) is 5.69 Å². The molecule has 0 aliphatic carbocycles. The quantitative estimate of drug-likeness (QED) is 0.871. The smallest absolute Gasteiger partial charge is 0.359 e. The number of rotatable bonds is 4. The van der Waals surface area contributed by atoms with Gasteiger partial charge in [-0.05, 0) is 25.5 Å². The third-order valence-corrected chi connectivity index (χ3v) is 4.01. The first-order valence-electron chi connectivity index (χ1n) is 7.32. The van der Waals surface area contributed by atoms with Gasteiger partial charge in [0.25, 0.3) is 0 Å². The molecule has 1 N–H and O–H groups in total. The van der Waals surface area contributed by atoms with Gasteiger partial charge in [0.1, 0.15) is 6.61 Å². The van der Waals surface area contributed by atoms with Gasteiger partial charge < -0.3 is 10.1 Å². The van der Waals surface area contributed by atoms with Gasteiger partial charge in [0.2, 0.25) is 5.91 Å². The van der Waals surface area contributed by atoms with Crippen LogP contribution in [-0.4, -0.2) is 34.3 Å². The fourth-order valence-corrected chi connectivity index (χ4v) is 2.69. The highest BCUT2D eigenvalue weighted by atomic mass is 35.5. The normalized spacial score (nSPS) is 17.1. The van der Waals surface area contributed by atoms with Crippen molar-refractivity contribution in [2.75, 3.05) is 6.61 Å². The van der Waals surface area contributed by atoms with E-state index in [-0.39, 0.29) is 24.2 Å². The number of halogens is 1. The molecule has 0 bridgehead atoms. The second-order valence-electron chi connectivity index (χ2n) is 5.46. The topological polar surface area (TPSA) is 73.2 Å². The lowest BCUT2D eigenvalue weighted by Crippen LogP contribution is -2.30. The van der Waals surface area contributed by atoms with Gasteiger partial charge in [-0.15, -0.1) is 0 Å². The molecule has 120 valence electrons. The fourth-order valence-electron chi connectivity index (χ4n) is 2.47. The Morgan fingerprint density at radius 1 is 1.48 bits per heavy atom. The number of amides is 1. The predicted molar refractivity (Wildman–Crippen MR) is 84.8 cm³/mol. The van der Waals surface area contributed by atoms with Crippen LogP contribution in [0.2, 0.25) is 5.02 Å². The van der Waals surface area contributed by atoms with Crippen LogP contribution in [0.5, 0.6) is 0 Å². The van der Waals surface area contributed by atoms with E-state index in [0.29, 0.717) is 29.1 Å². The van der Waals surface area contributed by atoms with Crippen LogP contribution in [-0.2, 0) is 9.53 Å². The zero-order chi connectivity index (χ0) is 16.4. The van der Waals surface area contributed by atoms with E-state index in [9.17, 15) is 9.59 Å². The lowest BCUT2D eigenvalue weighted by atomic mass is 10.2. The van der Waals surface area contributed by atoms with Crippen molar-refractivity contribution in [3.8, 4) is 5.69 Å². The molecule has 1 aliphatic heterocycles. The van der Waals surface area contributed by atoms with Crippen LogP contribution >= 0.6 is 11.6 Å². The zero-order valence-electron chi connectivity index (χ0n) is 12.6. The second-order valence-corrected chi connectivity index (χ2v) is 5.87. The molecule has 0 radical (unpaired) electrons. The first-order chi connectivity index (χ1) is 11.0. The summed E-state index contributed by atoms with van der Waals surface area (Å²) in [6, 6.07) is 7.14. The number of nitrogens with one attached hydrogen (secondary N) is 1. The average molecular weight is 334 g/mol. The summed E-state index contributed by atoms with van der Waals surface area (Å²) < 4.78 is 6.82. The summed E-state index contributed by atoms with van der Waals surface area (Å²) in [5, 5.41) is 7.57. The van der Waals surface area contributed by atoms with E-state index in [2.05, 4.69) is 10.4 Å². The van der Waals surface area contributed by atoms with Crippen molar-refractivity contribution in [3.63, 3.8) is 0 Å². The van der Waals surface area contributed by atoms with Crippen molar-refractivity contribution in [1.82, 2.24) is 15.1 Å². The Bertz CT molecular complexity index is 757. The minimum atomic E-state index is -0.505. The van der Waals surface area contributed by atoms with Crippen LogP contribution in [0.1, 0.15) is 28.9 Å². The molecule has 6 nitrogen and oxygen atoms in total. The molecule has 1 aliphatic rings. The number of aryl methyl sites for hydroxylation is 1. The molecule has 2 heterocycles. The monoisotopic (exact) mass is 333 g/mol. The number of carbonyl (C=O) groups excluding carboxylic acids is 2. The molecule has 0 spiro atoms. The molecule has 1 aromatic carbocycles. The lowest BCUT2D eigenvalue weighted by molar-refractivity contribution is -0.119. The highest BCUT2D eigenvalue weighted by Crippen LogP contribution is 2.21. The number of carbonyl (C=O) groups is 2. The highest BCUT2D eigenvalue weighted by molar-refractivity contribution is 6.32. The van der Waals surface area contributed by atoms with Crippen molar-refractivity contribution in [2.45, 2.75) is 25.8 Å². The summed E-state index contributed by atoms with van der Waals surface area (Å²) in [7, 11) is 0. The standard InChI is InChI=1S/C16H16ClN3O3/c1-10-8-20(13-5-3-2-4-12(13)17)19-15(10)16(22)23-9-11-6-7-14(21)18-11/h2-5,8,11H,6-7,9H2,1H3,(H,18,21). The number of hydrogen-bond donors (Lipinski definition) is 1. The largest absolute Gasteiger partial charge is 0.459 e. The number of hydrogen-bond acceptors (Lipinski definition) is 4. The molecule has 1 amide bonds. The SMILES string of the molecule is Cc1cn(-c2ccccc2Cl)nc1C(=O)OCC1CCC(=O)N1. The Morgan fingerprint density at radius 2 is 2.26 bits per heavy atom. The van der Waals surface area contributed by atoms with Gasteiger partial charge in [-0.3, -0.25) is 4.79 Å². The summed E-state index contributed by atoms with van der Waals surface area (Å²) in [5.74, 6) is -0.514.